The van der Waals surface area contributed by atoms with Gasteiger partial charge < -0.3 is 9.84 Å². The van der Waals surface area contributed by atoms with Crippen LogP contribution in [0.5, 0.6) is 0 Å². The predicted octanol–water partition coefficient (Wildman–Crippen LogP) is 2.45. The predicted molar refractivity (Wildman–Crippen MR) is 54.2 cm³/mol. The first kappa shape index (κ1) is 11.5. The van der Waals surface area contributed by atoms with E-state index >= 15 is 0 Å². The Morgan fingerprint density at radius 3 is 2.79 bits per heavy atom. The molecule has 1 aliphatic rings. The Morgan fingerprint density at radius 2 is 2.14 bits per heavy atom. The van der Waals surface area contributed by atoms with Crippen LogP contribution in [0.1, 0.15) is 45.4 Å². The molecule has 3 nitrogen and oxygen atoms in total. The molecular weight excluding hydrogens is 180 g/mol. The van der Waals surface area contributed by atoms with Gasteiger partial charge in [0, 0.05) is 0 Å². The van der Waals surface area contributed by atoms with Crippen molar-refractivity contribution in [1.29, 1.82) is 0 Å². The first-order valence-electron chi connectivity index (χ1n) is 5.57. The molecule has 3 heteroatoms. The van der Waals surface area contributed by atoms with Gasteiger partial charge in [0.2, 0.25) is 0 Å². The maximum Gasteiger partial charge on any atom is 0.305 e. The quantitative estimate of drug-likeness (QED) is 0.741. The van der Waals surface area contributed by atoms with Crippen molar-refractivity contribution in [3.63, 3.8) is 0 Å². The van der Waals surface area contributed by atoms with E-state index in [1.54, 1.807) is 0 Å². The van der Waals surface area contributed by atoms with E-state index < -0.39 is 5.97 Å². The zero-order chi connectivity index (χ0) is 10.4. The van der Waals surface area contributed by atoms with E-state index in [2.05, 4.69) is 6.92 Å². The van der Waals surface area contributed by atoms with Crippen molar-refractivity contribution in [2.75, 3.05) is 6.61 Å². The molecule has 0 spiro atoms. The summed E-state index contributed by atoms with van der Waals surface area (Å²) in [4.78, 5) is 10.3. The molecule has 0 aromatic carbocycles. The first-order chi connectivity index (χ1) is 6.74. The summed E-state index contributed by atoms with van der Waals surface area (Å²) in [5.74, 6) is -0.119. The molecule has 0 bridgehead atoms. The van der Waals surface area contributed by atoms with E-state index in [0.29, 0.717) is 18.6 Å². The van der Waals surface area contributed by atoms with Gasteiger partial charge in [-0.1, -0.05) is 26.2 Å². The van der Waals surface area contributed by atoms with Gasteiger partial charge in [0.05, 0.1) is 19.1 Å². The van der Waals surface area contributed by atoms with Crippen LogP contribution in [0.2, 0.25) is 0 Å². The van der Waals surface area contributed by atoms with Crippen molar-refractivity contribution in [3.05, 3.63) is 0 Å². The number of aliphatic carboxylic acids is 1. The van der Waals surface area contributed by atoms with Crippen LogP contribution >= 0.6 is 0 Å². The zero-order valence-corrected chi connectivity index (χ0v) is 8.87. The Morgan fingerprint density at radius 1 is 1.43 bits per heavy atom. The van der Waals surface area contributed by atoms with Crippen molar-refractivity contribution < 1.29 is 14.6 Å². The molecule has 2 unspecified atom stereocenters. The Balaban J connectivity index is 2.22. The fourth-order valence-electron chi connectivity index (χ4n) is 2.16. The lowest BCUT2D eigenvalue weighted by Crippen LogP contribution is -2.28. The summed E-state index contributed by atoms with van der Waals surface area (Å²) in [6.45, 7) is 2.56. The van der Waals surface area contributed by atoms with Crippen LogP contribution < -0.4 is 0 Å². The summed E-state index contributed by atoms with van der Waals surface area (Å²) in [6.07, 6.45) is 6.48. The van der Waals surface area contributed by atoms with E-state index in [0.717, 1.165) is 12.8 Å². The third-order valence-corrected chi connectivity index (χ3v) is 3.01. The summed E-state index contributed by atoms with van der Waals surface area (Å²) in [6, 6.07) is 0. The molecule has 1 saturated carbocycles. The lowest BCUT2D eigenvalue weighted by Gasteiger charge is -2.30. The average Bonchev–Trinajstić information content (AvgIpc) is 2.18. The standard InChI is InChI=1S/C11H20O3/c1-2-9-5-3-4-6-10(9)14-8-7-11(12)13/h9-10H,2-8H2,1H3,(H,12,13). The van der Waals surface area contributed by atoms with Gasteiger partial charge in [-0.15, -0.1) is 0 Å². The van der Waals surface area contributed by atoms with Gasteiger partial charge in [-0.3, -0.25) is 4.79 Å². The monoisotopic (exact) mass is 200 g/mol. The smallest absolute Gasteiger partial charge is 0.305 e. The van der Waals surface area contributed by atoms with Crippen LogP contribution in [0.3, 0.4) is 0 Å². The Bertz CT molecular complexity index is 179. The molecule has 0 amide bonds. The molecular formula is C11H20O3. The van der Waals surface area contributed by atoms with Gasteiger partial charge in [0.1, 0.15) is 0 Å². The summed E-state index contributed by atoms with van der Waals surface area (Å²) in [7, 11) is 0. The van der Waals surface area contributed by atoms with Crippen LogP contribution in [-0.4, -0.2) is 23.8 Å². The van der Waals surface area contributed by atoms with Crippen LogP contribution in [0, 0.1) is 5.92 Å². The second kappa shape index (κ2) is 6.02. The van der Waals surface area contributed by atoms with E-state index in [1.165, 1.54) is 19.3 Å². The molecule has 0 heterocycles. The first-order valence-corrected chi connectivity index (χ1v) is 5.57. The van der Waals surface area contributed by atoms with Gasteiger partial charge in [-0.25, -0.2) is 0 Å². The van der Waals surface area contributed by atoms with Crippen molar-refractivity contribution in [2.45, 2.75) is 51.6 Å². The summed E-state index contributed by atoms with van der Waals surface area (Å²) in [5, 5.41) is 8.49. The van der Waals surface area contributed by atoms with E-state index in [1.807, 2.05) is 0 Å². The van der Waals surface area contributed by atoms with Gasteiger partial charge in [-0.05, 0) is 18.8 Å². The van der Waals surface area contributed by atoms with Gasteiger partial charge >= 0.3 is 5.97 Å². The lowest BCUT2D eigenvalue weighted by molar-refractivity contribution is -0.139. The lowest BCUT2D eigenvalue weighted by atomic mass is 9.85. The molecule has 0 saturated heterocycles. The molecule has 0 aliphatic heterocycles. The highest BCUT2D eigenvalue weighted by atomic mass is 16.5. The molecule has 1 N–H and O–H groups in total. The Labute approximate surface area is 85.5 Å². The van der Waals surface area contributed by atoms with Crippen molar-refractivity contribution in [3.8, 4) is 0 Å². The topological polar surface area (TPSA) is 46.5 Å². The molecule has 82 valence electrons. The summed E-state index contributed by atoms with van der Waals surface area (Å²) in [5.41, 5.74) is 0. The summed E-state index contributed by atoms with van der Waals surface area (Å²) >= 11 is 0. The third kappa shape index (κ3) is 3.66. The summed E-state index contributed by atoms with van der Waals surface area (Å²) < 4.78 is 5.62. The number of hydrogen-bond donors (Lipinski definition) is 1. The second-order valence-corrected chi connectivity index (χ2v) is 4.01. The van der Waals surface area contributed by atoms with Crippen LogP contribution in [0.15, 0.2) is 0 Å². The van der Waals surface area contributed by atoms with Gasteiger partial charge in [0.25, 0.3) is 0 Å². The zero-order valence-electron chi connectivity index (χ0n) is 8.87. The largest absolute Gasteiger partial charge is 0.481 e. The number of carbonyl (C=O) groups is 1. The number of ether oxygens (including phenoxy) is 1. The molecule has 1 aliphatic carbocycles. The average molecular weight is 200 g/mol. The normalized spacial score (nSPS) is 27.5. The molecule has 2 atom stereocenters. The van der Waals surface area contributed by atoms with Crippen molar-refractivity contribution in [2.24, 2.45) is 5.92 Å². The van der Waals surface area contributed by atoms with Crippen molar-refractivity contribution >= 4 is 5.97 Å². The number of rotatable bonds is 5. The molecule has 1 fully saturated rings. The SMILES string of the molecule is CCC1CCCCC1OCCC(=O)O. The van der Waals surface area contributed by atoms with Gasteiger partial charge in [-0.2, -0.15) is 0 Å². The highest BCUT2D eigenvalue weighted by Crippen LogP contribution is 2.29. The second-order valence-electron chi connectivity index (χ2n) is 4.01. The number of hydrogen-bond acceptors (Lipinski definition) is 2. The Kier molecular flexibility index (Phi) is 4.94. The highest BCUT2D eigenvalue weighted by molar-refractivity contribution is 5.66. The van der Waals surface area contributed by atoms with Crippen LogP contribution in [0.4, 0.5) is 0 Å². The minimum absolute atomic E-state index is 0.132. The van der Waals surface area contributed by atoms with E-state index in [-0.39, 0.29) is 6.42 Å². The molecule has 14 heavy (non-hydrogen) atoms. The van der Waals surface area contributed by atoms with Crippen LogP contribution in [0.25, 0.3) is 0 Å². The van der Waals surface area contributed by atoms with Crippen molar-refractivity contribution in [1.82, 2.24) is 0 Å². The highest BCUT2D eigenvalue weighted by Gasteiger charge is 2.24. The minimum Gasteiger partial charge on any atom is -0.481 e. The van der Waals surface area contributed by atoms with Gasteiger partial charge in [0.15, 0.2) is 0 Å². The molecule has 0 radical (unpaired) electrons. The van der Waals surface area contributed by atoms with E-state index in [4.69, 9.17) is 9.84 Å². The fourth-order valence-corrected chi connectivity index (χ4v) is 2.16. The third-order valence-electron chi connectivity index (χ3n) is 3.01. The minimum atomic E-state index is -0.770. The van der Waals surface area contributed by atoms with Crippen LogP contribution in [-0.2, 0) is 9.53 Å². The maximum absolute atomic E-state index is 10.3. The number of carboxylic acids is 1. The maximum atomic E-state index is 10.3. The molecule has 0 aromatic heterocycles. The fraction of sp³-hybridized carbons (Fsp3) is 0.909. The number of carboxylic acid groups (broad SMARTS) is 1. The molecule has 1 rings (SSSR count). The molecule has 0 aromatic rings. The Hall–Kier alpha value is -0.570. The van der Waals surface area contributed by atoms with E-state index in [9.17, 15) is 4.79 Å².